The van der Waals surface area contributed by atoms with Crippen LogP contribution in [-0.4, -0.2) is 196 Å². The molecule has 0 unspecified atom stereocenters. The van der Waals surface area contributed by atoms with Gasteiger partial charge in [-0.05, 0) is 44.0 Å². The number of nitrogens with one attached hydrogen (secondary N) is 2. The number of nitrogens with zero attached hydrogens (tertiary/aromatic N) is 5. The third-order valence-corrected chi connectivity index (χ3v) is 8.69. The number of carboxylic acids is 3. The molecule has 0 aliphatic carbocycles. The van der Waals surface area contributed by atoms with E-state index in [0.29, 0.717) is 51.3 Å². The minimum Gasteiger partial charge on any atom is -0.480 e. The van der Waals surface area contributed by atoms with Crippen molar-refractivity contribution < 1.29 is 54.1 Å². The standard InChI is InChI=1S/C31H48BN7O11/c1-22(31(48)39-8-2-3-26(39)32(49)50)34-30(47)23-4-6-24(7-5-23)33-17-25(40)18-35-9-11-36(19-27(41)42)13-15-38(21-29(45)46)16-14-37(12-10-35)20-28(43)44/h4-7,22,26,33,49-50H,2-3,8-21H2,1H3,(H,34,47)(H,41,42)(H,43,44)(H,45,46)/t22-,26+/m1/s1. The summed E-state index contributed by atoms with van der Waals surface area (Å²) in [5, 5.41) is 52.9. The summed E-state index contributed by atoms with van der Waals surface area (Å²) >= 11 is 0. The van der Waals surface area contributed by atoms with E-state index in [2.05, 4.69) is 10.6 Å². The average molecular weight is 706 g/mol. The summed E-state index contributed by atoms with van der Waals surface area (Å²) in [6.45, 7) is 3.42. The van der Waals surface area contributed by atoms with Gasteiger partial charge in [0, 0.05) is 70.2 Å². The largest absolute Gasteiger partial charge is 0.480 e. The molecule has 0 saturated carbocycles. The maximum Gasteiger partial charge on any atom is 0.475 e. The molecule has 276 valence electrons. The van der Waals surface area contributed by atoms with Gasteiger partial charge in [-0.3, -0.25) is 48.4 Å². The molecule has 0 aromatic heterocycles. The van der Waals surface area contributed by atoms with E-state index in [1.807, 2.05) is 4.90 Å². The Morgan fingerprint density at radius 2 is 1.16 bits per heavy atom. The van der Waals surface area contributed by atoms with E-state index in [1.165, 1.54) is 24.0 Å². The molecule has 2 atom stereocenters. The van der Waals surface area contributed by atoms with E-state index < -0.39 is 48.8 Å². The molecule has 19 heteroatoms. The van der Waals surface area contributed by atoms with E-state index in [1.54, 1.807) is 26.8 Å². The Morgan fingerprint density at radius 1 is 0.720 bits per heavy atom. The highest BCUT2D eigenvalue weighted by Crippen LogP contribution is 2.19. The summed E-state index contributed by atoms with van der Waals surface area (Å²) in [6.07, 6.45) is 1.10. The monoisotopic (exact) mass is 705 g/mol. The molecule has 0 radical (unpaired) electrons. The lowest BCUT2D eigenvalue weighted by Crippen LogP contribution is -2.52. The van der Waals surface area contributed by atoms with Gasteiger partial charge >= 0.3 is 25.0 Å². The van der Waals surface area contributed by atoms with Gasteiger partial charge in [-0.15, -0.1) is 0 Å². The van der Waals surface area contributed by atoms with Crippen LogP contribution in [0.5, 0.6) is 0 Å². The summed E-state index contributed by atoms with van der Waals surface area (Å²) in [4.78, 5) is 81.2. The highest BCUT2D eigenvalue weighted by molar-refractivity contribution is 6.43. The Kier molecular flexibility index (Phi) is 16.0. The van der Waals surface area contributed by atoms with Crippen LogP contribution in [0, 0.1) is 0 Å². The van der Waals surface area contributed by atoms with Gasteiger partial charge in [-0.25, -0.2) is 0 Å². The van der Waals surface area contributed by atoms with Crippen LogP contribution in [0.25, 0.3) is 0 Å². The first-order chi connectivity index (χ1) is 23.7. The van der Waals surface area contributed by atoms with Crippen LogP contribution in [0.15, 0.2) is 24.3 Å². The van der Waals surface area contributed by atoms with E-state index in [0.717, 1.165) is 0 Å². The fraction of sp³-hybridized carbons (Fsp3) is 0.613. The number of hydrogen-bond acceptors (Lipinski definition) is 13. The van der Waals surface area contributed by atoms with Crippen molar-refractivity contribution in [3.8, 4) is 0 Å². The number of aliphatic carboxylic acids is 3. The summed E-state index contributed by atoms with van der Waals surface area (Å²) in [5.74, 6) is -4.90. The summed E-state index contributed by atoms with van der Waals surface area (Å²) in [5.41, 5.74) is 0.847. The molecule has 2 amide bonds. The maximum absolute atomic E-state index is 13.0. The van der Waals surface area contributed by atoms with Gasteiger partial charge < -0.3 is 40.9 Å². The van der Waals surface area contributed by atoms with E-state index >= 15 is 0 Å². The fourth-order valence-electron chi connectivity index (χ4n) is 6.00. The molecule has 1 aromatic carbocycles. The van der Waals surface area contributed by atoms with Crippen LogP contribution in [0.1, 0.15) is 30.1 Å². The Balaban J connectivity index is 1.56. The number of benzene rings is 1. The number of hydrogen-bond donors (Lipinski definition) is 7. The van der Waals surface area contributed by atoms with Gasteiger partial charge in [0.1, 0.15) is 6.04 Å². The third kappa shape index (κ3) is 13.6. The molecule has 3 rings (SSSR count). The van der Waals surface area contributed by atoms with Gasteiger partial charge in [0.05, 0.1) is 38.7 Å². The number of carbonyl (C=O) groups is 6. The van der Waals surface area contributed by atoms with Crippen LogP contribution in [-0.2, 0) is 24.0 Å². The molecule has 0 spiro atoms. The van der Waals surface area contributed by atoms with Crippen LogP contribution >= 0.6 is 0 Å². The van der Waals surface area contributed by atoms with E-state index in [-0.39, 0.29) is 70.2 Å². The summed E-state index contributed by atoms with van der Waals surface area (Å²) in [7, 11) is -1.66. The molecule has 1 aromatic rings. The number of Topliss-reactive ketones (excluding diaryl/α,β-unsaturated/α-hetero) is 1. The van der Waals surface area contributed by atoms with Crippen molar-refractivity contribution in [3.05, 3.63) is 29.8 Å². The zero-order valence-electron chi connectivity index (χ0n) is 28.3. The number of likely N-dealkylation sites (tertiary alicyclic amines) is 1. The Labute approximate surface area is 290 Å². The lowest BCUT2D eigenvalue weighted by Gasteiger charge is -2.32. The minimum atomic E-state index is -1.66. The topological polar surface area (TPSA) is 244 Å². The average Bonchev–Trinajstić information content (AvgIpc) is 3.55. The zero-order chi connectivity index (χ0) is 36.8. The number of ketones is 1. The number of carbonyl (C=O) groups excluding carboxylic acids is 3. The van der Waals surface area contributed by atoms with Crippen molar-refractivity contribution in [3.63, 3.8) is 0 Å². The molecule has 50 heavy (non-hydrogen) atoms. The van der Waals surface area contributed by atoms with Crippen molar-refractivity contribution in [2.24, 2.45) is 0 Å². The first-order valence-electron chi connectivity index (χ1n) is 16.6. The SMILES string of the molecule is C[C@@H](NC(=O)c1ccc(NCC(=O)CN2CCN(CC(=O)O)CCN(CC(=O)O)CCN(CC(=O)O)CC2)cc1)C(=O)N1CCC[C@H]1B(O)O. The molecule has 2 fully saturated rings. The minimum absolute atomic E-state index is 0.0115. The van der Waals surface area contributed by atoms with E-state index in [9.17, 15) is 54.1 Å². The Morgan fingerprint density at radius 3 is 1.58 bits per heavy atom. The first kappa shape index (κ1) is 40.3. The summed E-state index contributed by atoms with van der Waals surface area (Å²) in [6, 6.07) is 5.42. The number of rotatable bonds is 15. The Bertz CT molecular complexity index is 1300. The van der Waals surface area contributed by atoms with Gasteiger partial charge in [-0.1, -0.05) is 0 Å². The molecule has 0 bridgehead atoms. The predicted octanol–water partition coefficient (Wildman–Crippen LogP) is -2.74. The Hall–Kier alpha value is -4.14. The normalized spacial score (nSPS) is 19.5. The van der Waals surface area contributed by atoms with Crippen LogP contribution < -0.4 is 10.6 Å². The maximum atomic E-state index is 13.0. The smallest absolute Gasteiger partial charge is 0.475 e. The molecular weight excluding hydrogens is 657 g/mol. The lowest BCUT2D eigenvalue weighted by atomic mass is 9.78. The van der Waals surface area contributed by atoms with Gasteiger partial charge in [0.25, 0.3) is 5.91 Å². The van der Waals surface area contributed by atoms with Crippen molar-refractivity contribution in [1.29, 1.82) is 0 Å². The highest BCUT2D eigenvalue weighted by atomic mass is 16.4. The van der Waals surface area contributed by atoms with Gasteiger partial charge in [0.15, 0.2) is 5.78 Å². The van der Waals surface area contributed by atoms with Crippen LogP contribution in [0.2, 0.25) is 0 Å². The van der Waals surface area contributed by atoms with Crippen LogP contribution in [0.3, 0.4) is 0 Å². The number of anilines is 1. The second-order valence-electron chi connectivity index (χ2n) is 12.6. The second kappa shape index (κ2) is 19.9. The first-order valence-corrected chi connectivity index (χ1v) is 16.6. The predicted molar refractivity (Wildman–Crippen MR) is 180 cm³/mol. The number of amides is 2. The molecular formula is C31H48BN7O11. The van der Waals surface area contributed by atoms with E-state index in [4.69, 9.17) is 0 Å². The zero-order valence-corrected chi connectivity index (χ0v) is 28.3. The third-order valence-electron chi connectivity index (χ3n) is 8.69. The molecule has 18 nitrogen and oxygen atoms in total. The van der Waals surface area contributed by atoms with Crippen molar-refractivity contribution in [2.45, 2.75) is 31.7 Å². The molecule has 7 N–H and O–H groups in total. The van der Waals surface area contributed by atoms with Crippen molar-refractivity contribution in [2.75, 3.05) is 96.9 Å². The molecule has 2 aliphatic rings. The second-order valence-corrected chi connectivity index (χ2v) is 12.6. The van der Waals surface area contributed by atoms with Crippen LogP contribution in [0.4, 0.5) is 5.69 Å². The molecule has 2 saturated heterocycles. The molecule has 2 aliphatic heterocycles. The fourth-order valence-corrected chi connectivity index (χ4v) is 6.00. The van der Waals surface area contributed by atoms with Crippen molar-refractivity contribution >= 4 is 48.3 Å². The molecule has 2 heterocycles. The highest BCUT2D eigenvalue weighted by Gasteiger charge is 2.38. The lowest BCUT2D eigenvalue weighted by molar-refractivity contribution is -0.140. The summed E-state index contributed by atoms with van der Waals surface area (Å²) < 4.78 is 0. The number of carboxylic acid groups (broad SMARTS) is 3. The van der Waals surface area contributed by atoms with Gasteiger partial charge in [0.2, 0.25) is 5.91 Å². The van der Waals surface area contributed by atoms with Gasteiger partial charge in [-0.2, -0.15) is 0 Å². The van der Waals surface area contributed by atoms with Crippen molar-refractivity contribution in [1.82, 2.24) is 29.8 Å². The quantitative estimate of drug-likeness (QED) is 0.0916.